The molecule has 0 spiro atoms. The van der Waals surface area contributed by atoms with Gasteiger partial charge in [0.2, 0.25) is 0 Å². The van der Waals surface area contributed by atoms with Crippen molar-refractivity contribution in [2.45, 2.75) is 26.5 Å². The number of guanidine groups is 1. The van der Waals surface area contributed by atoms with E-state index in [9.17, 15) is 8.78 Å². The molecule has 0 unspecified atom stereocenters. The molecule has 0 aliphatic heterocycles. The lowest BCUT2D eigenvalue weighted by Crippen LogP contribution is -2.23. The normalized spacial score (nSPS) is 11.0. The Morgan fingerprint density at radius 2 is 1.93 bits per heavy atom. The Bertz CT molecular complexity index is 776. The molecule has 0 aliphatic carbocycles. The van der Waals surface area contributed by atoms with Gasteiger partial charge < -0.3 is 25.3 Å². The summed E-state index contributed by atoms with van der Waals surface area (Å²) in [5, 5.41) is 2.92. The van der Waals surface area contributed by atoms with Crippen LogP contribution in [0.2, 0.25) is 0 Å². The quantitative estimate of drug-likeness (QED) is 0.294. The topological polar surface area (TPSA) is 78.1 Å². The van der Waals surface area contributed by atoms with Gasteiger partial charge in [0, 0.05) is 11.6 Å². The first-order valence-electron chi connectivity index (χ1n) is 8.44. The zero-order valence-electron chi connectivity index (χ0n) is 15.7. The lowest BCUT2D eigenvalue weighted by molar-refractivity contribution is -0.0505. The van der Waals surface area contributed by atoms with Crippen molar-refractivity contribution in [3.8, 4) is 17.2 Å². The number of alkyl halides is 2. The molecule has 28 heavy (non-hydrogen) atoms. The molecule has 0 amide bonds. The molecule has 0 fully saturated rings. The first-order valence-corrected chi connectivity index (χ1v) is 8.44. The number of nitrogens with two attached hydrogens (primary N) is 1. The van der Waals surface area contributed by atoms with Gasteiger partial charge in [0.05, 0.1) is 25.9 Å². The minimum Gasteiger partial charge on any atom is -0.495 e. The van der Waals surface area contributed by atoms with Crippen molar-refractivity contribution in [1.82, 2.24) is 0 Å². The van der Waals surface area contributed by atoms with Crippen molar-refractivity contribution in [2.75, 3.05) is 19.0 Å². The molecular weight excluding hydrogens is 483 g/mol. The maximum absolute atomic E-state index is 12.7. The summed E-state index contributed by atoms with van der Waals surface area (Å²) in [6.07, 6.45) is 0.808. The standard InChI is InChI=1S/C19H23F2N3O3.HI/c1-3-10-26-14-9-8-13(17(11-14)27-18(20)21)12-23-19(22)24-15-6-4-5-7-16(15)25-2;/h4-9,11,18H,3,10,12H2,1-2H3,(H3,22,23,24);1H. The number of methoxy groups -OCH3 is 1. The molecule has 3 N–H and O–H groups in total. The van der Waals surface area contributed by atoms with Crippen LogP contribution in [0.4, 0.5) is 14.5 Å². The zero-order chi connectivity index (χ0) is 19.6. The molecule has 0 atom stereocenters. The Morgan fingerprint density at radius 3 is 2.61 bits per heavy atom. The first-order chi connectivity index (χ1) is 13.0. The van der Waals surface area contributed by atoms with Gasteiger partial charge in [-0.3, -0.25) is 0 Å². The molecule has 0 heterocycles. The van der Waals surface area contributed by atoms with Gasteiger partial charge in [-0.15, -0.1) is 24.0 Å². The van der Waals surface area contributed by atoms with E-state index < -0.39 is 6.61 Å². The van der Waals surface area contributed by atoms with Crippen molar-refractivity contribution in [3.63, 3.8) is 0 Å². The van der Waals surface area contributed by atoms with E-state index in [2.05, 4.69) is 15.0 Å². The van der Waals surface area contributed by atoms with Gasteiger partial charge in [-0.1, -0.05) is 19.1 Å². The van der Waals surface area contributed by atoms with Crippen molar-refractivity contribution >= 4 is 35.6 Å². The highest BCUT2D eigenvalue weighted by atomic mass is 127. The van der Waals surface area contributed by atoms with E-state index in [0.717, 1.165) is 6.42 Å². The molecular formula is C19H24F2IN3O3. The number of aliphatic imine (C=N–C) groups is 1. The van der Waals surface area contributed by atoms with E-state index in [4.69, 9.17) is 15.2 Å². The predicted octanol–water partition coefficient (Wildman–Crippen LogP) is 4.63. The monoisotopic (exact) mass is 507 g/mol. The van der Waals surface area contributed by atoms with Crippen LogP contribution >= 0.6 is 24.0 Å². The van der Waals surface area contributed by atoms with E-state index in [-0.39, 0.29) is 42.2 Å². The van der Waals surface area contributed by atoms with Crippen molar-refractivity contribution in [2.24, 2.45) is 10.7 Å². The summed E-state index contributed by atoms with van der Waals surface area (Å²) >= 11 is 0. The summed E-state index contributed by atoms with van der Waals surface area (Å²) in [6.45, 7) is -0.443. The molecule has 0 saturated heterocycles. The summed E-state index contributed by atoms with van der Waals surface area (Å²) in [6, 6.07) is 11.9. The van der Waals surface area contributed by atoms with Crippen LogP contribution in [0.3, 0.4) is 0 Å². The van der Waals surface area contributed by atoms with Crippen LogP contribution < -0.4 is 25.3 Å². The smallest absolute Gasteiger partial charge is 0.387 e. The fourth-order valence-electron chi connectivity index (χ4n) is 2.28. The lowest BCUT2D eigenvalue weighted by Gasteiger charge is -2.13. The van der Waals surface area contributed by atoms with E-state index >= 15 is 0 Å². The van der Waals surface area contributed by atoms with Gasteiger partial charge in [0.25, 0.3) is 0 Å². The highest BCUT2D eigenvalue weighted by molar-refractivity contribution is 14.0. The van der Waals surface area contributed by atoms with Gasteiger partial charge in [0.1, 0.15) is 17.2 Å². The van der Waals surface area contributed by atoms with Gasteiger partial charge >= 0.3 is 6.61 Å². The summed E-state index contributed by atoms with van der Waals surface area (Å²) in [4.78, 5) is 4.19. The van der Waals surface area contributed by atoms with Crippen LogP contribution in [0.15, 0.2) is 47.5 Å². The predicted molar refractivity (Wildman–Crippen MR) is 116 cm³/mol. The maximum atomic E-state index is 12.7. The number of nitrogens with one attached hydrogen (secondary N) is 1. The molecule has 2 aromatic carbocycles. The average molecular weight is 507 g/mol. The molecule has 2 aromatic rings. The Morgan fingerprint density at radius 1 is 1.18 bits per heavy atom. The van der Waals surface area contributed by atoms with Crippen molar-refractivity contribution in [3.05, 3.63) is 48.0 Å². The van der Waals surface area contributed by atoms with Crippen LogP contribution in [0.25, 0.3) is 0 Å². The average Bonchev–Trinajstić information content (AvgIpc) is 2.65. The van der Waals surface area contributed by atoms with Gasteiger partial charge in [-0.2, -0.15) is 8.78 Å². The fraction of sp³-hybridized carbons (Fsp3) is 0.316. The van der Waals surface area contributed by atoms with Crippen molar-refractivity contribution in [1.29, 1.82) is 0 Å². The zero-order valence-corrected chi connectivity index (χ0v) is 18.0. The summed E-state index contributed by atoms with van der Waals surface area (Å²) in [7, 11) is 1.55. The molecule has 0 bridgehead atoms. The highest BCUT2D eigenvalue weighted by Gasteiger charge is 2.12. The van der Waals surface area contributed by atoms with E-state index in [0.29, 0.717) is 29.4 Å². The molecule has 0 radical (unpaired) electrons. The second-order valence-corrected chi connectivity index (χ2v) is 5.52. The second kappa shape index (κ2) is 12.2. The molecule has 0 saturated carbocycles. The van der Waals surface area contributed by atoms with E-state index in [1.165, 1.54) is 6.07 Å². The minimum atomic E-state index is -2.95. The van der Waals surface area contributed by atoms with Crippen LogP contribution in [-0.4, -0.2) is 26.3 Å². The third kappa shape index (κ3) is 7.37. The highest BCUT2D eigenvalue weighted by Crippen LogP contribution is 2.28. The number of ether oxygens (including phenoxy) is 3. The fourth-order valence-corrected chi connectivity index (χ4v) is 2.28. The Hall–Kier alpha value is -2.30. The number of anilines is 1. The molecule has 2 rings (SSSR count). The lowest BCUT2D eigenvalue weighted by atomic mass is 10.2. The summed E-state index contributed by atoms with van der Waals surface area (Å²) in [5.41, 5.74) is 7.00. The van der Waals surface area contributed by atoms with Crippen LogP contribution in [0.5, 0.6) is 17.2 Å². The maximum Gasteiger partial charge on any atom is 0.387 e. The molecule has 9 heteroatoms. The second-order valence-electron chi connectivity index (χ2n) is 5.52. The van der Waals surface area contributed by atoms with E-state index in [1.54, 1.807) is 31.4 Å². The molecule has 0 aromatic heterocycles. The Labute approximate surface area is 180 Å². The Balaban J connectivity index is 0.00000392. The van der Waals surface area contributed by atoms with Crippen molar-refractivity contribution < 1.29 is 23.0 Å². The van der Waals surface area contributed by atoms with Crippen LogP contribution in [-0.2, 0) is 6.54 Å². The number of para-hydroxylation sites is 2. The number of benzene rings is 2. The molecule has 0 aliphatic rings. The minimum absolute atomic E-state index is 0. The number of hydrogen-bond donors (Lipinski definition) is 2. The van der Waals surface area contributed by atoms with Crippen LogP contribution in [0, 0.1) is 0 Å². The molecule has 154 valence electrons. The van der Waals surface area contributed by atoms with Gasteiger partial charge in [-0.25, -0.2) is 4.99 Å². The third-order valence-corrected chi connectivity index (χ3v) is 3.52. The largest absolute Gasteiger partial charge is 0.495 e. The van der Waals surface area contributed by atoms with Crippen LogP contribution in [0.1, 0.15) is 18.9 Å². The molecule has 6 nitrogen and oxygen atoms in total. The Kier molecular flexibility index (Phi) is 10.4. The SMILES string of the molecule is CCCOc1ccc(CN=C(N)Nc2ccccc2OC)c(OC(F)F)c1.I. The number of halogens is 3. The van der Waals surface area contributed by atoms with Gasteiger partial charge in [-0.05, 0) is 30.7 Å². The summed E-state index contributed by atoms with van der Waals surface area (Å²) in [5.74, 6) is 1.19. The summed E-state index contributed by atoms with van der Waals surface area (Å²) < 4.78 is 40.7. The first kappa shape index (κ1) is 23.7. The van der Waals surface area contributed by atoms with Gasteiger partial charge in [0.15, 0.2) is 5.96 Å². The number of rotatable bonds is 9. The number of hydrogen-bond acceptors (Lipinski definition) is 4. The van der Waals surface area contributed by atoms with E-state index in [1.807, 2.05) is 19.1 Å². The third-order valence-electron chi connectivity index (χ3n) is 3.52. The number of nitrogens with zero attached hydrogens (tertiary/aromatic N) is 1.